The van der Waals surface area contributed by atoms with Crippen molar-refractivity contribution in [1.29, 1.82) is 0 Å². The standard InChI is InChI=1S/C9H5BrClNOS/c10-8-7(12-9(11)14-8)5-2-1-3-6(13)4-5/h1-4,13H. The van der Waals surface area contributed by atoms with Crippen LogP contribution in [-0.4, -0.2) is 10.1 Å². The van der Waals surface area contributed by atoms with Crippen molar-refractivity contribution in [2.45, 2.75) is 0 Å². The van der Waals surface area contributed by atoms with Crippen LogP contribution in [0.1, 0.15) is 0 Å². The Kier molecular flexibility index (Phi) is 2.76. The zero-order valence-corrected chi connectivity index (χ0v) is 10.0. The first-order valence-electron chi connectivity index (χ1n) is 3.78. The first-order chi connectivity index (χ1) is 6.66. The summed E-state index contributed by atoms with van der Waals surface area (Å²) in [6.45, 7) is 0. The van der Waals surface area contributed by atoms with E-state index in [0.717, 1.165) is 15.0 Å². The number of aromatic nitrogens is 1. The van der Waals surface area contributed by atoms with Gasteiger partial charge in [-0.25, -0.2) is 4.98 Å². The Morgan fingerprint density at radius 3 is 2.79 bits per heavy atom. The molecule has 1 aromatic heterocycles. The van der Waals surface area contributed by atoms with Crippen LogP contribution in [-0.2, 0) is 0 Å². The molecular formula is C9H5BrClNOS. The zero-order valence-electron chi connectivity index (χ0n) is 6.87. The molecule has 0 fully saturated rings. The molecule has 0 aliphatic heterocycles. The van der Waals surface area contributed by atoms with Gasteiger partial charge in [0.2, 0.25) is 0 Å². The third-order valence-corrected chi connectivity index (χ3v) is 3.49. The van der Waals surface area contributed by atoms with E-state index in [4.69, 9.17) is 11.6 Å². The van der Waals surface area contributed by atoms with Crippen LogP contribution in [0.5, 0.6) is 5.75 Å². The Morgan fingerprint density at radius 2 is 2.21 bits per heavy atom. The fraction of sp³-hybridized carbons (Fsp3) is 0. The summed E-state index contributed by atoms with van der Waals surface area (Å²) in [5, 5.41) is 9.30. The molecule has 14 heavy (non-hydrogen) atoms. The molecule has 0 unspecified atom stereocenters. The fourth-order valence-corrected chi connectivity index (χ4v) is 3.03. The van der Waals surface area contributed by atoms with Gasteiger partial charge in [0.15, 0.2) is 4.47 Å². The van der Waals surface area contributed by atoms with Gasteiger partial charge < -0.3 is 5.11 Å². The van der Waals surface area contributed by atoms with Gasteiger partial charge in [-0.05, 0) is 28.1 Å². The monoisotopic (exact) mass is 289 g/mol. The molecule has 0 spiro atoms. The Balaban J connectivity index is 2.54. The summed E-state index contributed by atoms with van der Waals surface area (Å²) in [5.74, 6) is 0.221. The maximum Gasteiger partial charge on any atom is 0.185 e. The van der Waals surface area contributed by atoms with Crippen LogP contribution in [0.25, 0.3) is 11.3 Å². The van der Waals surface area contributed by atoms with E-state index in [0.29, 0.717) is 4.47 Å². The molecule has 72 valence electrons. The summed E-state index contributed by atoms with van der Waals surface area (Å²) < 4.78 is 1.35. The maximum atomic E-state index is 9.30. The van der Waals surface area contributed by atoms with Gasteiger partial charge in [0.05, 0.1) is 9.48 Å². The topological polar surface area (TPSA) is 33.1 Å². The Bertz CT molecular complexity index is 472. The summed E-state index contributed by atoms with van der Waals surface area (Å²) in [6, 6.07) is 6.90. The minimum Gasteiger partial charge on any atom is -0.508 e. The molecule has 2 aromatic rings. The predicted molar refractivity (Wildman–Crippen MR) is 61.9 cm³/mol. The second-order valence-electron chi connectivity index (χ2n) is 2.64. The highest BCUT2D eigenvalue weighted by Crippen LogP contribution is 2.35. The lowest BCUT2D eigenvalue weighted by molar-refractivity contribution is 0.475. The van der Waals surface area contributed by atoms with Crippen molar-refractivity contribution in [3.05, 3.63) is 32.5 Å². The second-order valence-corrected chi connectivity index (χ2v) is 5.54. The molecule has 0 bridgehead atoms. The van der Waals surface area contributed by atoms with Gasteiger partial charge in [-0.1, -0.05) is 35.1 Å². The predicted octanol–water partition coefficient (Wildman–Crippen LogP) is 3.93. The van der Waals surface area contributed by atoms with Crippen molar-refractivity contribution in [3.63, 3.8) is 0 Å². The highest BCUT2D eigenvalue weighted by molar-refractivity contribution is 9.11. The average Bonchev–Trinajstić information content (AvgIpc) is 2.45. The van der Waals surface area contributed by atoms with E-state index >= 15 is 0 Å². The number of aromatic hydroxyl groups is 1. The Labute approximate surface area is 98.3 Å². The molecule has 0 aliphatic rings. The molecule has 0 amide bonds. The number of rotatable bonds is 1. The van der Waals surface area contributed by atoms with Gasteiger partial charge in [0.1, 0.15) is 5.75 Å². The van der Waals surface area contributed by atoms with Crippen LogP contribution in [0.15, 0.2) is 28.1 Å². The van der Waals surface area contributed by atoms with Crippen LogP contribution in [0.3, 0.4) is 0 Å². The van der Waals surface area contributed by atoms with Crippen molar-refractivity contribution < 1.29 is 5.11 Å². The molecule has 1 heterocycles. The van der Waals surface area contributed by atoms with Crippen LogP contribution < -0.4 is 0 Å². The highest BCUT2D eigenvalue weighted by Gasteiger charge is 2.09. The lowest BCUT2D eigenvalue weighted by atomic mass is 10.2. The highest BCUT2D eigenvalue weighted by atomic mass is 79.9. The molecule has 0 aliphatic carbocycles. The van der Waals surface area contributed by atoms with Crippen LogP contribution in [0.4, 0.5) is 0 Å². The van der Waals surface area contributed by atoms with E-state index in [1.54, 1.807) is 18.2 Å². The third kappa shape index (κ3) is 1.92. The molecule has 0 radical (unpaired) electrons. The van der Waals surface area contributed by atoms with E-state index in [1.807, 2.05) is 6.07 Å². The largest absolute Gasteiger partial charge is 0.508 e. The summed E-state index contributed by atoms with van der Waals surface area (Å²) >= 11 is 10.5. The van der Waals surface area contributed by atoms with Crippen LogP contribution in [0, 0.1) is 0 Å². The SMILES string of the molecule is Oc1cccc(-c2nc(Cl)sc2Br)c1. The fourth-order valence-electron chi connectivity index (χ4n) is 1.11. The zero-order chi connectivity index (χ0) is 10.1. The Morgan fingerprint density at radius 1 is 1.43 bits per heavy atom. The lowest BCUT2D eigenvalue weighted by Gasteiger charge is -1.97. The lowest BCUT2D eigenvalue weighted by Crippen LogP contribution is -1.77. The molecule has 0 atom stereocenters. The van der Waals surface area contributed by atoms with Gasteiger partial charge in [-0.15, -0.1) is 0 Å². The number of benzene rings is 1. The van der Waals surface area contributed by atoms with Crippen molar-refractivity contribution in [1.82, 2.24) is 4.98 Å². The molecule has 0 saturated carbocycles. The van der Waals surface area contributed by atoms with Gasteiger partial charge in [0.25, 0.3) is 0 Å². The van der Waals surface area contributed by atoms with E-state index in [9.17, 15) is 5.11 Å². The third-order valence-electron chi connectivity index (χ3n) is 1.68. The second kappa shape index (κ2) is 3.88. The van der Waals surface area contributed by atoms with Crippen molar-refractivity contribution in [2.24, 2.45) is 0 Å². The molecular weight excluding hydrogens is 286 g/mol. The van der Waals surface area contributed by atoms with Gasteiger partial charge in [-0.3, -0.25) is 0 Å². The number of halogens is 2. The van der Waals surface area contributed by atoms with Crippen LogP contribution >= 0.6 is 38.9 Å². The maximum absolute atomic E-state index is 9.30. The summed E-state index contributed by atoms with van der Waals surface area (Å²) in [7, 11) is 0. The van der Waals surface area contributed by atoms with E-state index in [-0.39, 0.29) is 5.75 Å². The smallest absolute Gasteiger partial charge is 0.185 e. The molecule has 2 rings (SSSR count). The van der Waals surface area contributed by atoms with Crippen LogP contribution in [0.2, 0.25) is 4.47 Å². The molecule has 1 N–H and O–H groups in total. The Hall–Kier alpha value is -0.580. The molecule has 5 heteroatoms. The number of hydrogen-bond donors (Lipinski definition) is 1. The van der Waals surface area contributed by atoms with Gasteiger partial charge in [-0.2, -0.15) is 0 Å². The molecule has 0 saturated heterocycles. The number of nitrogens with zero attached hydrogens (tertiary/aromatic N) is 1. The summed E-state index contributed by atoms with van der Waals surface area (Å²) in [5.41, 5.74) is 1.61. The normalized spacial score (nSPS) is 10.4. The van der Waals surface area contributed by atoms with E-state index < -0.39 is 0 Å². The van der Waals surface area contributed by atoms with E-state index in [2.05, 4.69) is 20.9 Å². The van der Waals surface area contributed by atoms with Crippen molar-refractivity contribution >= 4 is 38.9 Å². The van der Waals surface area contributed by atoms with Crippen molar-refractivity contribution in [2.75, 3.05) is 0 Å². The van der Waals surface area contributed by atoms with Crippen molar-refractivity contribution in [3.8, 4) is 17.0 Å². The summed E-state index contributed by atoms with van der Waals surface area (Å²) in [4.78, 5) is 4.15. The first-order valence-corrected chi connectivity index (χ1v) is 5.77. The quantitative estimate of drug-likeness (QED) is 0.863. The minimum absolute atomic E-state index is 0.221. The average molecular weight is 291 g/mol. The van der Waals surface area contributed by atoms with Gasteiger partial charge in [0, 0.05) is 5.56 Å². The first kappa shape index (κ1) is 9.96. The number of hydrogen-bond acceptors (Lipinski definition) is 3. The molecule has 1 aromatic carbocycles. The summed E-state index contributed by atoms with van der Waals surface area (Å²) in [6.07, 6.45) is 0. The number of thiazole rings is 1. The molecule has 2 nitrogen and oxygen atoms in total. The number of phenols is 1. The minimum atomic E-state index is 0.221. The number of phenolic OH excluding ortho intramolecular Hbond substituents is 1. The van der Waals surface area contributed by atoms with E-state index in [1.165, 1.54) is 11.3 Å². The van der Waals surface area contributed by atoms with Gasteiger partial charge >= 0.3 is 0 Å².